The van der Waals surface area contributed by atoms with Gasteiger partial charge < -0.3 is 5.32 Å². The van der Waals surface area contributed by atoms with Gasteiger partial charge in [0.25, 0.3) is 0 Å². The van der Waals surface area contributed by atoms with Crippen LogP contribution in [0.4, 0.5) is 13.2 Å². The number of likely N-dealkylation sites (N-methyl/N-ethyl adjacent to an activating group) is 1. The summed E-state index contributed by atoms with van der Waals surface area (Å²) in [5.41, 5.74) is -0.372. The van der Waals surface area contributed by atoms with E-state index in [2.05, 4.69) is 15.5 Å². The number of alkyl halides is 3. The van der Waals surface area contributed by atoms with Crippen molar-refractivity contribution >= 4 is 0 Å². The molecule has 96 valence electrons. The number of nitrogens with zero attached hydrogens (tertiary/aromatic N) is 2. The van der Waals surface area contributed by atoms with Gasteiger partial charge in [-0.2, -0.15) is 18.3 Å². The molecule has 6 heteroatoms. The molecule has 0 saturated heterocycles. The van der Waals surface area contributed by atoms with Crippen molar-refractivity contribution in [2.24, 2.45) is 0 Å². The predicted octanol–water partition coefficient (Wildman–Crippen LogP) is 2.43. The van der Waals surface area contributed by atoms with Gasteiger partial charge in [0.15, 0.2) is 5.69 Å². The van der Waals surface area contributed by atoms with E-state index in [9.17, 15) is 13.2 Å². The van der Waals surface area contributed by atoms with Gasteiger partial charge >= 0.3 is 6.18 Å². The lowest BCUT2D eigenvalue weighted by Crippen LogP contribution is -2.30. The van der Waals surface area contributed by atoms with Gasteiger partial charge in [-0.25, -0.2) is 0 Å². The maximum Gasteiger partial charge on any atom is 0.435 e. The highest BCUT2D eigenvalue weighted by atomic mass is 19.4. The lowest BCUT2D eigenvalue weighted by molar-refractivity contribution is -0.141. The van der Waals surface area contributed by atoms with E-state index >= 15 is 0 Å². The Morgan fingerprint density at radius 3 is 2.35 bits per heavy atom. The van der Waals surface area contributed by atoms with E-state index in [1.165, 1.54) is 6.07 Å². The number of hydrogen-bond acceptors (Lipinski definition) is 3. The van der Waals surface area contributed by atoms with Gasteiger partial charge in [-0.3, -0.25) is 0 Å². The first-order chi connectivity index (χ1) is 7.97. The fourth-order valence-corrected chi connectivity index (χ4v) is 1.52. The summed E-state index contributed by atoms with van der Waals surface area (Å²) in [6, 6.07) is 2.59. The first-order valence-electron chi connectivity index (χ1n) is 5.60. The van der Waals surface area contributed by atoms with E-state index in [-0.39, 0.29) is 6.04 Å². The monoisotopic (exact) mass is 247 g/mol. The second kappa shape index (κ2) is 5.95. The van der Waals surface area contributed by atoms with Crippen LogP contribution in [0.25, 0.3) is 0 Å². The molecule has 1 aromatic rings. The maximum absolute atomic E-state index is 12.3. The van der Waals surface area contributed by atoms with Crippen LogP contribution >= 0.6 is 0 Å². The third-order valence-corrected chi connectivity index (χ3v) is 2.45. The summed E-state index contributed by atoms with van der Waals surface area (Å²) in [6.07, 6.45) is -2.93. The van der Waals surface area contributed by atoms with Crippen LogP contribution in [0.2, 0.25) is 0 Å². The van der Waals surface area contributed by atoms with Crippen LogP contribution in [0.15, 0.2) is 12.1 Å². The third kappa shape index (κ3) is 4.30. The van der Waals surface area contributed by atoms with Gasteiger partial charge in [0.05, 0.1) is 5.69 Å². The van der Waals surface area contributed by atoms with E-state index < -0.39 is 11.9 Å². The predicted molar refractivity (Wildman–Crippen MR) is 58.5 cm³/mol. The van der Waals surface area contributed by atoms with Gasteiger partial charge in [0, 0.05) is 12.5 Å². The minimum Gasteiger partial charge on any atom is -0.314 e. The fraction of sp³-hybridized carbons (Fsp3) is 0.636. The molecule has 0 amide bonds. The molecule has 0 aromatic carbocycles. The molecule has 0 aliphatic rings. The first-order valence-corrected chi connectivity index (χ1v) is 5.60. The Morgan fingerprint density at radius 1 is 1.24 bits per heavy atom. The fourth-order valence-electron chi connectivity index (χ4n) is 1.52. The Kier molecular flexibility index (Phi) is 4.86. The molecule has 0 bridgehead atoms. The Hall–Kier alpha value is -1.17. The standard InChI is InChI=1S/C11H16F3N3/c1-3-8(15-4-2)7-9-5-6-10(17-16-9)11(12,13)14/h5-6,8,15H,3-4,7H2,1-2H3. The number of aromatic nitrogens is 2. The molecule has 1 rings (SSSR count). The summed E-state index contributed by atoms with van der Waals surface area (Å²) < 4.78 is 36.8. The molecule has 1 N–H and O–H groups in total. The average Bonchev–Trinajstić information content (AvgIpc) is 2.28. The van der Waals surface area contributed by atoms with Crippen LogP contribution < -0.4 is 5.32 Å². The molecule has 1 aromatic heterocycles. The van der Waals surface area contributed by atoms with Crippen molar-refractivity contribution in [3.8, 4) is 0 Å². The highest BCUT2D eigenvalue weighted by Gasteiger charge is 2.32. The number of hydrogen-bond donors (Lipinski definition) is 1. The van der Waals surface area contributed by atoms with Crippen molar-refractivity contribution in [3.05, 3.63) is 23.5 Å². The van der Waals surface area contributed by atoms with Crippen molar-refractivity contribution in [2.45, 2.75) is 38.9 Å². The molecule has 0 radical (unpaired) electrons. The SMILES string of the molecule is CCNC(CC)Cc1ccc(C(F)(F)F)nn1. The van der Waals surface area contributed by atoms with Crippen LogP contribution in [0.5, 0.6) is 0 Å². The Bertz CT molecular complexity index is 335. The molecule has 1 unspecified atom stereocenters. The first kappa shape index (κ1) is 13.9. The minimum atomic E-state index is -4.42. The van der Waals surface area contributed by atoms with Crippen molar-refractivity contribution in [2.75, 3.05) is 6.54 Å². The quantitative estimate of drug-likeness (QED) is 0.868. The van der Waals surface area contributed by atoms with Crippen LogP contribution in [0, 0.1) is 0 Å². The summed E-state index contributed by atoms with van der Waals surface area (Å²) in [5.74, 6) is 0. The Labute approximate surface area is 98.4 Å². The molecule has 0 saturated carbocycles. The second-order valence-electron chi connectivity index (χ2n) is 3.77. The topological polar surface area (TPSA) is 37.8 Å². The molecule has 1 atom stereocenters. The van der Waals surface area contributed by atoms with Crippen molar-refractivity contribution in [1.29, 1.82) is 0 Å². The summed E-state index contributed by atoms with van der Waals surface area (Å²) >= 11 is 0. The molecule has 1 heterocycles. The Morgan fingerprint density at radius 2 is 1.94 bits per heavy atom. The van der Waals surface area contributed by atoms with E-state index in [1.54, 1.807) is 0 Å². The van der Waals surface area contributed by atoms with Crippen LogP contribution in [-0.2, 0) is 12.6 Å². The molecule has 0 spiro atoms. The zero-order valence-electron chi connectivity index (χ0n) is 9.88. The zero-order chi connectivity index (χ0) is 12.9. The van der Waals surface area contributed by atoms with Crippen molar-refractivity contribution in [3.63, 3.8) is 0 Å². The molecule has 0 aliphatic heterocycles. The third-order valence-electron chi connectivity index (χ3n) is 2.45. The maximum atomic E-state index is 12.3. The van der Waals surface area contributed by atoms with Gasteiger partial charge in [0.1, 0.15) is 0 Å². The summed E-state index contributed by atoms with van der Waals surface area (Å²) in [4.78, 5) is 0. The van der Waals surface area contributed by atoms with Gasteiger partial charge in [0.2, 0.25) is 0 Å². The van der Waals surface area contributed by atoms with Crippen LogP contribution in [0.1, 0.15) is 31.7 Å². The normalized spacial score (nSPS) is 13.7. The van der Waals surface area contributed by atoms with Gasteiger partial charge in [-0.05, 0) is 25.1 Å². The molecule has 0 fully saturated rings. The zero-order valence-corrected chi connectivity index (χ0v) is 9.88. The summed E-state index contributed by atoms with van der Waals surface area (Å²) in [5, 5.41) is 10.0. The van der Waals surface area contributed by atoms with E-state index in [1.807, 2.05) is 13.8 Å². The largest absolute Gasteiger partial charge is 0.435 e. The Balaban J connectivity index is 2.68. The van der Waals surface area contributed by atoms with Gasteiger partial charge in [-0.15, -0.1) is 5.10 Å². The number of halogens is 3. The second-order valence-corrected chi connectivity index (χ2v) is 3.77. The summed E-state index contributed by atoms with van der Waals surface area (Å²) in [7, 11) is 0. The van der Waals surface area contributed by atoms with E-state index in [0.29, 0.717) is 12.1 Å². The van der Waals surface area contributed by atoms with Gasteiger partial charge in [-0.1, -0.05) is 13.8 Å². The molecular formula is C11H16F3N3. The smallest absolute Gasteiger partial charge is 0.314 e. The van der Waals surface area contributed by atoms with Crippen LogP contribution in [0.3, 0.4) is 0 Å². The van der Waals surface area contributed by atoms with Crippen molar-refractivity contribution in [1.82, 2.24) is 15.5 Å². The average molecular weight is 247 g/mol. The summed E-state index contributed by atoms with van der Waals surface area (Å²) in [6.45, 7) is 4.83. The van der Waals surface area contributed by atoms with E-state index in [0.717, 1.165) is 19.0 Å². The number of rotatable bonds is 5. The van der Waals surface area contributed by atoms with Crippen molar-refractivity contribution < 1.29 is 13.2 Å². The minimum absolute atomic E-state index is 0.228. The highest BCUT2D eigenvalue weighted by Crippen LogP contribution is 2.26. The molecule has 3 nitrogen and oxygen atoms in total. The number of nitrogens with one attached hydrogen (secondary N) is 1. The molecule has 17 heavy (non-hydrogen) atoms. The van der Waals surface area contributed by atoms with E-state index in [4.69, 9.17) is 0 Å². The lowest BCUT2D eigenvalue weighted by Gasteiger charge is -2.14. The van der Waals surface area contributed by atoms with Crippen LogP contribution in [-0.4, -0.2) is 22.8 Å². The lowest BCUT2D eigenvalue weighted by atomic mass is 10.1. The molecular weight excluding hydrogens is 231 g/mol. The molecule has 0 aliphatic carbocycles. The highest BCUT2D eigenvalue weighted by molar-refractivity contribution is 5.10.